The van der Waals surface area contributed by atoms with E-state index in [0.29, 0.717) is 5.75 Å². The van der Waals surface area contributed by atoms with Gasteiger partial charge in [0.15, 0.2) is 0 Å². The molecule has 0 bridgehead atoms. The first-order valence-electron chi connectivity index (χ1n) is 9.83. The van der Waals surface area contributed by atoms with E-state index in [4.69, 9.17) is 0 Å². The average molecular weight is 366 g/mol. The molecule has 0 aliphatic carbocycles. The third kappa shape index (κ3) is 3.96. The lowest BCUT2D eigenvalue weighted by molar-refractivity contribution is 0.316. The monoisotopic (exact) mass is 365 g/mol. The Labute approximate surface area is 162 Å². The van der Waals surface area contributed by atoms with Gasteiger partial charge >= 0.3 is 0 Å². The summed E-state index contributed by atoms with van der Waals surface area (Å²) in [6.07, 6.45) is 0. The van der Waals surface area contributed by atoms with E-state index in [-0.39, 0.29) is 0 Å². The quantitative estimate of drug-likeness (QED) is 0.538. The molecule has 0 amide bonds. The van der Waals surface area contributed by atoms with Crippen LogP contribution in [0.2, 0.25) is 0 Å². The minimum Gasteiger partial charge on any atom is -0.507 e. The van der Waals surface area contributed by atoms with Crippen LogP contribution < -0.4 is 5.32 Å². The zero-order valence-corrected chi connectivity index (χ0v) is 17.1. The number of aromatic amines is 1. The molecule has 27 heavy (non-hydrogen) atoms. The number of hydrogen-bond donors (Lipinski definition) is 3. The van der Waals surface area contributed by atoms with E-state index >= 15 is 0 Å². The molecular weight excluding hydrogens is 334 g/mol. The number of phenols is 1. The van der Waals surface area contributed by atoms with E-state index < -0.39 is 0 Å². The zero-order chi connectivity index (χ0) is 19.6. The van der Waals surface area contributed by atoms with Gasteiger partial charge in [0.2, 0.25) is 0 Å². The Kier molecular flexibility index (Phi) is 5.76. The van der Waals surface area contributed by atoms with Crippen molar-refractivity contribution in [2.24, 2.45) is 0 Å². The van der Waals surface area contributed by atoms with Crippen molar-refractivity contribution in [3.8, 4) is 17.0 Å². The lowest BCUT2D eigenvalue weighted by Gasteiger charge is -2.18. The van der Waals surface area contributed by atoms with Crippen LogP contribution in [0.25, 0.3) is 22.2 Å². The van der Waals surface area contributed by atoms with E-state index in [9.17, 15) is 5.11 Å². The Morgan fingerprint density at radius 1 is 1.00 bits per heavy atom. The predicted octanol–water partition coefficient (Wildman–Crippen LogP) is 5.22. The van der Waals surface area contributed by atoms with Gasteiger partial charge in [-0.25, -0.2) is 0 Å². The van der Waals surface area contributed by atoms with Crippen LogP contribution in [0.4, 0.5) is 5.69 Å². The molecule has 1 heterocycles. The van der Waals surface area contributed by atoms with Crippen LogP contribution in [0.3, 0.4) is 0 Å². The second kappa shape index (κ2) is 8.05. The summed E-state index contributed by atoms with van der Waals surface area (Å²) in [5.74, 6) is 0.382. The maximum Gasteiger partial charge on any atom is 0.121 e. The van der Waals surface area contributed by atoms with Crippen molar-refractivity contribution in [3.63, 3.8) is 0 Å². The predicted molar refractivity (Wildman–Crippen MR) is 116 cm³/mol. The topological polar surface area (TPSA) is 51.3 Å². The number of nitrogens with one attached hydrogen (secondary N) is 2. The van der Waals surface area contributed by atoms with E-state index in [1.54, 1.807) is 0 Å². The normalized spacial score (nSPS) is 11.5. The van der Waals surface area contributed by atoms with Gasteiger partial charge in [-0.05, 0) is 86.4 Å². The van der Waals surface area contributed by atoms with Crippen LogP contribution in [0.1, 0.15) is 30.5 Å². The number of anilines is 1. The van der Waals surface area contributed by atoms with Crippen LogP contribution in [-0.4, -0.2) is 41.2 Å². The van der Waals surface area contributed by atoms with Gasteiger partial charge in [0.1, 0.15) is 5.75 Å². The molecule has 0 aliphatic rings. The highest BCUT2D eigenvalue weighted by atomic mass is 16.3. The number of benzene rings is 2. The van der Waals surface area contributed by atoms with Gasteiger partial charge in [-0.1, -0.05) is 13.8 Å². The molecule has 3 N–H and O–H groups in total. The summed E-state index contributed by atoms with van der Waals surface area (Å²) in [4.78, 5) is 5.97. The molecular formula is C23H31N3O. The van der Waals surface area contributed by atoms with Crippen molar-refractivity contribution >= 4 is 16.6 Å². The van der Waals surface area contributed by atoms with E-state index in [1.807, 2.05) is 26.0 Å². The first-order valence-corrected chi connectivity index (χ1v) is 9.83. The minimum absolute atomic E-state index is 0.382. The molecule has 0 fully saturated rings. The number of nitrogens with zero attached hydrogens (tertiary/aromatic N) is 1. The van der Waals surface area contributed by atoms with E-state index in [0.717, 1.165) is 59.8 Å². The molecule has 0 spiro atoms. The molecule has 0 atom stereocenters. The van der Waals surface area contributed by atoms with Crippen LogP contribution >= 0.6 is 0 Å². The van der Waals surface area contributed by atoms with Crippen LogP contribution in [0, 0.1) is 20.8 Å². The largest absolute Gasteiger partial charge is 0.507 e. The summed E-state index contributed by atoms with van der Waals surface area (Å²) in [6, 6.07) is 10.6. The Bertz CT molecular complexity index is 915. The number of phenolic OH excluding ortho intramolecular Hbond substituents is 1. The molecule has 0 saturated heterocycles. The number of aryl methyl sites for hydroxylation is 3. The van der Waals surface area contributed by atoms with Crippen LogP contribution in [0.15, 0.2) is 30.3 Å². The van der Waals surface area contributed by atoms with Crippen molar-refractivity contribution in [1.29, 1.82) is 0 Å². The number of hydrogen-bond acceptors (Lipinski definition) is 3. The number of likely N-dealkylation sites (N-methyl/N-ethyl adjacent to an activating group) is 1. The SMILES string of the molecule is CCN(CC)CCNc1ccc2[nH]c(-c3cc(C)c(O)c(C)c3)c(C)c2c1. The average Bonchev–Trinajstić information content (AvgIpc) is 2.99. The molecule has 4 heteroatoms. The van der Waals surface area contributed by atoms with Crippen molar-refractivity contribution in [1.82, 2.24) is 9.88 Å². The van der Waals surface area contributed by atoms with Gasteiger partial charge in [0, 0.05) is 35.4 Å². The van der Waals surface area contributed by atoms with Crippen molar-refractivity contribution in [3.05, 3.63) is 47.0 Å². The summed E-state index contributed by atoms with van der Waals surface area (Å²) in [5.41, 5.74) is 7.58. The number of H-pyrrole nitrogens is 1. The third-order valence-corrected chi connectivity index (χ3v) is 5.49. The molecule has 0 saturated carbocycles. The summed E-state index contributed by atoms with van der Waals surface area (Å²) < 4.78 is 0. The summed E-state index contributed by atoms with van der Waals surface area (Å²) in [6.45, 7) is 14.6. The van der Waals surface area contributed by atoms with Gasteiger partial charge in [-0.2, -0.15) is 0 Å². The minimum atomic E-state index is 0.382. The Morgan fingerprint density at radius 2 is 1.67 bits per heavy atom. The number of aromatic nitrogens is 1. The highest BCUT2D eigenvalue weighted by Crippen LogP contribution is 2.34. The van der Waals surface area contributed by atoms with Gasteiger partial charge in [-0.15, -0.1) is 0 Å². The van der Waals surface area contributed by atoms with E-state index in [2.05, 4.69) is 54.2 Å². The smallest absolute Gasteiger partial charge is 0.121 e. The Hall–Kier alpha value is -2.46. The zero-order valence-electron chi connectivity index (χ0n) is 17.1. The highest BCUT2D eigenvalue weighted by molar-refractivity contribution is 5.92. The standard InChI is InChI=1S/C23H31N3O/c1-6-26(7-2)11-10-24-19-8-9-21-20(14-19)17(5)22(25-21)18-12-15(3)23(27)16(4)13-18/h8-9,12-14,24-25,27H,6-7,10-11H2,1-5H3. The second-order valence-corrected chi connectivity index (χ2v) is 7.30. The summed E-state index contributed by atoms with van der Waals surface area (Å²) in [5, 5.41) is 14.8. The molecule has 4 nitrogen and oxygen atoms in total. The number of aromatic hydroxyl groups is 1. The second-order valence-electron chi connectivity index (χ2n) is 7.30. The van der Waals surface area contributed by atoms with E-state index in [1.165, 1.54) is 10.9 Å². The van der Waals surface area contributed by atoms with Crippen molar-refractivity contribution < 1.29 is 5.11 Å². The summed E-state index contributed by atoms with van der Waals surface area (Å²) in [7, 11) is 0. The highest BCUT2D eigenvalue weighted by Gasteiger charge is 2.13. The molecule has 3 aromatic rings. The number of rotatable bonds is 7. The molecule has 144 valence electrons. The Balaban J connectivity index is 1.87. The lowest BCUT2D eigenvalue weighted by Crippen LogP contribution is -2.28. The van der Waals surface area contributed by atoms with Crippen LogP contribution in [-0.2, 0) is 0 Å². The first-order chi connectivity index (χ1) is 12.9. The fourth-order valence-electron chi connectivity index (χ4n) is 3.72. The maximum absolute atomic E-state index is 10.1. The fraction of sp³-hybridized carbons (Fsp3) is 0.391. The van der Waals surface area contributed by atoms with Crippen molar-refractivity contribution in [2.75, 3.05) is 31.5 Å². The maximum atomic E-state index is 10.1. The fourth-order valence-corrected chi connectivity index (χ4v) is 3.72. The molecule has 0 unspecified atom stereocenters. The first kappa shape index (κ1) is 19.3. The van der Waals surface area contributed by atoms with Gasteiger partial charge < -0.3 is 20.3 Å². The van der Waals surface area contributed by atoms with Gasteiger partial charge in [0.25, 0.3) is 0 Å². The number of fused-ring (bicyclic) bond motifs is 1. The van der Waals surface area contributed by atoms with Gasteiger partial charge in [0.05, 0.1) is 0 Å². The molecule has 1 aromatic heterocycles. The van der Waals surface area contributed by atoms with Gasteiger partial charge in [-0.3, -0.25) is 0 Å². The lowest BCUT2D eigenvalue weighted by atomic mass is 10.0. The Morgan fingerprint density at radius 3 is 2.30 bits per heavy atom. The van der Waals surface area contributed by atoms with Crippen molar-refractivity contribution in [2.45, 2.75) is 34.6 Å². The summed E-state index contributed by atoms with van der Waals surface area (Å²) >= 11 is 0. The molecule has 0 aliphatic heterocycles. The molecule has 3 rings (SSSR count). The molecule has 2 aromatic carbocycles. The third-order valence-electron chi connectivity index (χ3n) is 5.49. The molecule has 0 radical (unpaired) electrons. The van der Waals surface area contributed by atoms with Crippen LogP contribution in [0.5, 0.6) is 5.75 Å².